The zero-order chi connectivity index (χ0) is 22.7. The number of likely N-dealkylation sites (tertiary alicyclic amines) is 1. The number of ether oxygens (including phenoxy) is 1. The second-order valence-corrected chi connectivity index (χ2v) is 9.02. The number of nitrogens with one attached hydrogen (secondary N) is 1. The lowest BCUT2D eigenvalue weighted by Gasteiger charge is -2.40. The average Bonchev–Trinajstić information content (AvgIpc) is 2.81. The molecule has 1 amide bonds. The van der Waals surface area contributed by atoms with Crippen molar-refractivity contribution in [2.75, 3.05) is 26.2 Å². The van der Waals surface area contributed by atoms with Gasteiger partial charge in [-0.1, -0.05) is 19.1 Å². The van der Waals surface area contributed by atoms with Crippen molar-refractivity contribution in [2.24, 2.45) is 5.92 Å². The van der Waals surface area contributed by atoms with Crippen LogP contribution in [0.15, 0.2) is 36.4 Å². The minimum Gasteiger partial charge on any atom is -0.507 e. The van der Waals surface area contributed by atoms with Gasteiger partial charge in [-0.05, 0) is 80.6 Å². The molecule has 2 atom stereocenters. The van der Waals surface area contributed by atoms with Crippen LogP contribution >= 0.6 is 0 Å². The van der Waals surface area contributed by atoms with Gasteiger partial charge in [0, 0.05) is 30.6 Å². The minimum absolute atomic E-state index is 0.0509. The molecule has 2 heterocycles. The molecule has 0 bridgehead atoms. The predicted octanol–water partition coefficient (Wildman–Crippen LogP) is 4.37. The van der Waals surface area contributed by atoms with Gasteiger partial charge in [0.2, 0.25) is 0 Å². The summed E-state index contributed by atoms with van der Waals surface area (Å²) < 4.78 is 19.5. The summed E-state index contributed by atoms with van der Waals surface area (Å²) in [6.45, 7) is 7.40. The van der Waals surface area contributed by atoms with Gasteiger partial charge in [-0.25, -0.2) is 4.39 Å². The molecular weight excluding hydrogens is 407 g/mol. The van der Waals surface area contributed by atoms with Gasteiger partial charge in [0.1, 0.15) is 11.6 Å². The molecule has 0 aliphatic carbocycles. The number of nitrogens with zero attached hydrogens (tertiary/aromatic N) is 1. The molecule has 0 aromatic heterocycles. The van der Waals surface area contributed by atoms with Crippen molar-refractivity contribution in [3.8, 4) is 5.75 Å². The van der Waals surface area contributed by atoms with Crippen LogP contribution in [-0.2, 0) is 11.2 Å². The summed E-state index contributed by atoms with van der Waals surface area (Å²) in [5.74, 6) is 0.395. The quantitative estimate of drug-likeness (QED) is 0.700. The lowest BCUT2D eigenvalue weighted by atomic mass is 9.82. The first-order valence-corrected chi connectivity index (χ1v) is 11.7. The minimum atomic E-state index is -0.342. The third-order valence-corrected chi connectivity index (χ3v) is 6.96. The van der Waals surface area contributed by atoms with Gasteiger partial charge in [0.25, 0.3) is 5.91 Å². The molecule has 2 aliphatic rings. The van der Waals surface area contributed by atoms with Crippen molar-refractivity contribution in [3.63, 3.8) is 0 Å². The number of hydrogen-bond donors (Lipinski definition) is 2. The molecule has 4 rings (SSSR count). The van der Waals surface area contributed by atoms with E-state index in [1.165, 1.54) is 24.3 Å². The van der Waals surface area contributed by atoms with Crippen molar-refractivity contribution in [1.82, 2.24) is 10.2 Å². The topological polar surface area (TPSA) is 61.8 Å². The Kier molecular flexibility index (Phi) is 7.11. The fraction of sp³-hybridized carbons (Fsp3) is 0.500. The number of halogens is 1. The smallest absolute Gasteiger partial charge is 0.251 e. The summed E-state index contributed by atoms with van der Waals surface area (Å²) in [5, 5.41) is 13.6. The zero-order valence-electron chi connectivity index (χ0n) is 18.9. The van der Waals surface area contributed by atoms with Crippen molar-refractivity contribution < 1.29 is 19.0 Å². The maximum atomic E-state index is 13.0. The zero-order valence-corrected chi connectivity index (χ0v) is 18.9. The molecule has 2 aromatic carbocycles. The van der Waals surface area contributed by atoms with Gasteiger partial charge in [0.15, 0.2) is 0 Å². The summed E-state index contributed by atoms with van der Waals surface area (Å²) >= 11 is 0. The largest absolute Gasteiger partial charge is 0.507 e. The van der Waals surface area contributed by atoms with Gasteiger partial charge < -0.3 is 20.1 Å². The number of rotatable bonds is 6. The predicted molar refractivity (Wildman–Crippen MR) is 122 cm³/mol. The van der Waals surface area contributed by atoms with Crippen molar-refractivity contribution in [2.45, 2.75) is 51.7 Å². The molecule has 0 spiro atoms. The standard InChI is InChI=1S/C26H33FN2O3/c1-3-23-21-9-4-17(2)25(30)22(21)16-24(32-23)18-10-13-29(14-11-18)15-12-28-26(31)19-5-7-20(27)8-6-19/h4-9,18,23-24,30H,3,10-16H2,1-2H3,(H,28,31)/t23-,24-/m0/s1. The third-order valence-electron chi connectivity index (χ3n) is 6.96. The Labute approximate surface area is 189 Å². The second kappa shape index (κ2) is 10.0. The molecule has 32 heavy (non-hydrogen) atoms. The van der Waals surface area contributed by atoms with Gasteiger partial charge >= 0.3 is 0 Å². The molecule has 2 N–H and O–H groups in total. The van der Waals surface area contributed by atoms with Gasteiger partial charge in [-0.3, -0.25) is 4.79 Å². The molecule has 2 aliphatic heterocycles. The van der Waals surface area contributed by atoms with Crippen LogP contribution in [0.4, 0.5) is 4.39 Å². The number of carbonyl (C=O) groups is 1. The van der Waals surface area contributed by atoms with Gasteiger partial charge in [-0.2, -0.15) is 0 Å². The molecule has 2 aromatic rings. The number of aryl methyl sites for hydroxylation is 1. The van der Waals surface area contributed by atoms with E-state index in [2.05, 4.69) is 23.2 Å². The van der Waals surface area contributed by atoms with E-state index in [0.717, 1.165) is 62.0 Å². The normalized spacial score (nSPS) is 21.8. The number of amides is 1. The Morgan fingerprint density at radius 1 is 1.19 bits per heavy atom. The van der Waals surface area contributed by atoms with Crippen LogP contribution in [0, 0.1) is 18.7 Å². The van der Waals surface area contributed by atoms with E-state index >= 15 is 0 Å². The van der Waals surface area contributed by atoms with E-state index in [9.17, 15) is 14.3 Å². The van der Waals surface area contributed by atoms with Crippen LogP contribution in [0.25, 0.3) is 0 Å². The molecule has 0 unspecified atom stereocenters. The van der Waals surface area contributed by atoms with E-state index in [4.69, 9.17) is 4.74 Å². The van der Waals surface area contributed by atoms with Crippen LogP contribution in [0.1, 0.15) is 59.3 Å². The van der Waals surface area contributed by atoms with Gasteiger partial charge in [0.05, 0.1) is 12.2 Å². The summed E-state index contributed by atoms with van der Waals surface area (Å²) in [5.41, 5.74) is 3.61. The molecule has 5 nitrogen and oxygen atoms in total. The number of piperidine rings is 1. The van der Waals surface area contributed by atoms with Crippen molar-refractivity contribution in [1.29, 1.82) is 0 Å². The Morgan fingerprint density at radius 3 is 2.59 bits per heavy atom. The number of aromatic hydroxyl groups is 1. The lowest BCUT2D eigenvalue weighted by Crippen LogP contribution is -2.43. The van der Waals surface area contributed by atoms with E-state index in [-0.39, 0.29) is 23.9 Å². The fourth-order valence-corrected chi connectivity index (χ4v) is 4.99. The first-order valence-electron chi connectivity index (χ1n) is 11.7. The summed E-state index contributed by atoms with van der Waals surface area (Å²) in [7, 11) is 0. The number of phenols is 1. The summed E-state index contributed by atoms with van der Waals surface area (Å²) in [4.78, 5) is 14.6. The highest BCUT2D eigenvalue weighted by molar-refractivity contribution is 5.94. The number of carbonyl (C=O) groups excluding carboxylic acids is 1. The first kappa shape index (κ1) is 22.7. The molecule has 172 valence electrons. The van der Waals surface area contributed by atoms with E-state index in [0.29, 0.717) is 23.8 Å². The molecule has 6 heteroatoms. The Bertz CT molecular complexity index is 939. The number of phenolic OH excluding ortho intramolecular Hbond substituents is 1. The SMILES string of the molecule is CC[C@@H]1O[C@H](C2CCN(CCNC(=O)c3ccc(F)cc3)CC2)Cc2c1ccc(C)c2O. The molecular formula is C26H33FN2O3. The van der Waals surface area contributed by atoms with Crippen LogP contribution < -0.4 is 5.32 Å². The number of fused-ring (bicyclic) bond motifs is 1. The Morgan fingerprint density at radius 2 is 1.91 bits per heavy atom. The highest BCUT2D eigenvalue weighted by Gasteiger charge is 2.35. The van der Waals surface area contributed by atoms with Gasteiger partial charge in [-0.15, -0.1) is 0 Å². The molecule has 0 saturated carbocycles. The van der Waals surface area contributed by atoms with E-state index in [1.54, 1.807) is 0 Å². The second-order valence-electron chi connectivity index (χ2n) is 9.02. The summed E-state index contributed by atoms with van der Waals surface area (Å²) in [6, 6.07) is 9.69. The number of hydrogen-bond acceptors (Lipinski definition) is 4. The summed E-state index contributed by atoms with van der Waals surface area (Å²) in [6.07, 6.45) is 3.97. The molecule has 0 radical (unpaired) electrons. The Hall–Kier alpha value is -2.44. The Balaban J connectivity index is 1.27. The monoisotopic (exact) mass is 440 g/mol. The fourth-order valence-electron chi connectivity index (χ4n) is 4.99. The lowest BCUT2D eigenvalue weighted by molar-refractivity contribution is -0.0697. The highest BCUT2D eigenvalue weighted by atomic mass is 19.1. The third kappa shape index (κ3) is 4.97. The van der Waals surface area contributed by atoms with Crippen molar-refractivity contribution in [3.05, 3.63) is 64.5 Å². The number of benzene rings is 2. The maximum absolute atomic E-state index is 13.0. The van der Waals surface area contributed by atoms with E-state index in [1.807, 2.05) is 13.0 Å². The first-order chi connectivity index (χ1) is 15.5. The average molecular weight is 441 g/mol. The van der Waals surface area contributed by atoms with Crippen LogP contribution in [0.2, 0.25) is 0 Å². The molecule has 1 fully saturated rings. The highest BCUT2D eigenvalue weighted by Crippen LogP contribution is 2.41. The maximum Gasteiger partial charge on any atom is 0.251 e. The van der Waals surface area contributed by atoms with Crippen LogP contribution in [-0.4, -0.2) is 48.2 Å². The van der Waals surface area contributed by atoms with Crippen LogP contribution in [0.5, 0.6) is 5.75 Å². The van der Waals surface area contributed by atoms with E-state index < -0.39 is 0 Å². The van der Waals surface area contributed by atoms with Crippen LogP contribution in [0.3, 0.4) is 0 Å². The molecule has 1 saturated heterocycles. The van der Waals surface area contributed by atoms with Crippen molar-refractivity contribution >= 4 is 5.91 Å².